The van der Waals surface area contributed by atoms with Crippen LogP contribution in [0.4, 0.5) is 13.2 Å². The Morgan fingerprint density at radius 2 is 2.00 bits per heavy atom. The minimum atomic E-state index is -4.29. The smallest absolute Gasteiger partial charge is 0.389 e. The average molecular weight is 272 g/mol. The molecule has 2 aromatic rings. The summed E-state index contributed by atoms with van der Waals surface area (Å²) in [5.74, 6) is -0.975. The Balaban J connectivity index is 2.38. The quantitative estimate of drug-likeness (QED) is 0.930. The van der Waals surface area contributed by atoms with Gasteiger partial charge in [-0.15, -0.1) is 0 Å². The number of carbonyl (C=O) groups is 1. The lowest BCUT2D eigenvalue weighted by Crippen LogP contribution is -2.15. The van der Waals surface area contributed by atoms with Crippen molar-refractivity contribution in [2.45, 2.75) is 25.6 Å². The molecule has 4 nitrogen and oxygen atoms in total. The number of carboxylic acid groups (broad SMARTS) is 1. The number of para-hydroxylation sites is 2. The van der Waals surface area contributed by atoms with Crippen LogP contribution in [0, 0.1) is 0 Å². The molecule has 2 rings (SSSR count). The highest BCUT2D eigenvalue weighted by Gasteiger charge is 2.28. The molecule has 0 unspecified atom stereocenters. The van der Waals surface area contributed by atoms with Gasteiger partial charge in [0.05, 0.1) is 17.5 Å². The number of hydrogen-bond acceptors (Lipinski definition) is 2. The van der Waals surface area contributed by atoms with Crippen LogP contribution in [0.3, 0.4) is 0 Å². The minimum Gasteiger partial charge on any atom is -0.480 e. The van der Waals surface area contributed by atoms with E-state index in [9.17, 15) is 18.0 Å². The number of benzene rings is 1. The van der Waals surface area contributed by atoms with E-state index in [1.165, 1.54) is 4.57 Å². The van der Waals surface area contributed by atoms with E-state index < -0.39 is 25.1 Å². The van der Waals surface area contributed by atoms with Crippen molar-refractivity contribution in [1.82, 2.24) is 9.55 Å². The van der Waals surface area contributed by atoms with E-state index in [-0.39, 0.29) is 12.2 Å². The first-order valence-corrected chi connectivity index (χ1v) is 5.59. The van der Waals surface area contributed by atoms with Gasteiger partial charge in [0, 0.05) is 6.42 Å². The molecule has 0 bridgehead atoms. The SMILES string of the molecule is O=C(O)Cn1c(CCC(F)(F)F)nc2ccccc21. The van der Waals surface area contributed by atoms with E-state index in [4.69, 9.17) is 5.11 Å². The molecular formula is C12H11F3N2O2. The fraction of sp³-hybridized carbons (Fsp3) is 0.333. The van der Waals surface area contributed by atoms with Gasteiger partial charge >= 0.3 is 12.1 Å². The lowest BCUT2D eigenvalue weighted by atomic mass is 10.3. The van der Waals surface area contributed by atoms with Crippen molar-refractivity contribution in [1.29, 1.82) is 0 Å². The zero-order chi connectivity index (χ0) is 14.0. The molecule has 1 N–H and O–H groups in total. The number of alkyl halides is 3. The molecule has 0 saturated carbocycles. The third kappa shape index (κ3) is 3.24. The standard InChI is InChI=1S/C12H11F3N2O2/c13-12(14,15)6-5-10-16-8-3-1-2-4-9(8)17(10)7-11(18)19/h1-4H,5-7H2,(H,18,19). The Bertz CT molecular complexity index is 605. The highest BCUT2D eigenvalue weighted by Crippen LogP contribution is 2.24. The Labute approximate surface area is 106 Å². The molecule has 0 spiro atoms. The number of imidazole rings is 1. The largest absolute Gasteiger partial charge is 0.480 e. The van der Waals surface area contributed by atoms with Gasteiger partial charge in [-0.25, -0.2) is 4.98 Å². The predicted octanol–water partition coefficient (Wildman–Crippen LogP) is 2.62. The van der Waals surface area contributed by atoms with Crippen LogP contribution in [-0.2, 0) is 17.8 Å². The van der Waals surface area contributed by atoms with Crippen molar-refractivity contribution in [3.05, 3.63) is 30.1 Å². The zero-order valence-corrected chi connectivity index (χ0v) is 9.81. The predicted molar refractivity (Wildman–Crippen MR) is 61.7 cm³/mol. The molecule has 0 amide bonds. The van der Waals surface area contributed by atoms with E-state index in [0.29, 0.717) is 11.0 Å². The van der Waals surface area contributed by atoms with Gasteiger partial charge in [0.15, 0.2) is 0 Å². The number of carboxylic acids is 1. The first-order chi connectivity index (χ1) is 8.87. The summed E-state index contributed by atoms with van der Waals surface area (Å²) in [5.41, 5.74) is 1.03. The Morgan fingerprint density at radius 1 is 1.32 bits per heavy atom. The number of hydrogen-bond donors (Lipinski definition) is 1. The van der Waals surface area contributed by atoms with Crippen molar-refractivity contribution in [2.24, 2.45) is 0 Å². The molecule has 1 aromatic heterocycles. The van der Waals surface area contributed by atoms with E-state index >= 15 is 0 Å². The number of aryl methyl sites for hydroxylation is 1. The molecule has 1 heterocycles. The van der Waals surface area contributed by atoms with Gasteiger partial charge in [0.25, 0.3) is 0 Å². The summed E-state index contributed by atoms with van der Waals surface area (Å²) in [6, 6.07) is 6.68. The summed E-state index contributed by atoms with van der Waals surface area (Å²) < 4.78 is 38.0. The van der Waals surface area contributed by atoms with Gasteiger partial charge in [-0.3, -0.25) is 4.79 Å². The molecule has 0 atom stereocenters. The van der Waals surface area contributed by atoms with Gasteiger partial charge in [-0.05, 0) is 12.1 Å². The molecule has 0 aliphatic carbocycles. The van der Waals surface area contributed by atoms with E-state index in [2.05, 4.69) is 4.98 Å². The second-order valence-corrected chi connectivity index (χ2v) is 4.11. The van der Waals surface area contributed by atoms with Crippen LogP contribution in [0.25, 0.3) is 11.0 Å². The van der Waals surface area contributed by atoms with Gasteiger partial charge in [0.1, 0.15) is 12.4 Å². The summed E-state index contributed by atoms with van der Waals surface area (Å²) in [7, 11) is 0. The highest BCUT2D eigenvalue weighted by molar-refractivity contribution is 5.78. The van der Waals surface area contributed by atoms with Crippen molar-refractivity contribution in [2.75, 3.05) is 0 Å². The maximum absolute atomic E-state index is 12.2. The maximum atomic E-state index is 12.2. The molecule has 0 aliphatic rings. The molecule has 1 aromatic carbocycles. The van der Waals surface area contributed by atoms with Gasteiger partial charge < -0.3 is 9.67 Å². The van der Waals surface area contributed by atoms with E-state index in [1.54, 1.807) is 24.3 Å². The number of rotatable bonds is 4. The number of nitrogens with zero attached hydrogens (tertiary/aromatic N) is 2. The van der Waals surface area contributed by atoms with Crippen LogP contribution >= 0.6 is 0 Å². The minimum absolute atomic E-state index is 0.140. The number of aromatic nitrogens is 2. The molecule has 0 aliphatic heterocycles. The maximum Gasteiger partial charge on any atom is 0.389 e. The van der Waals surface area contributed by atoms with Crippen molar-refractivity contribution in [3.63, 3.8) is 0 Å². The van der Waals surface area contributed by atoms with Crippen LogP contribution in [-0.4, -0.2) is 26.8 Å². The fourth-order valence-electron chi connectivity index (χ4n) is 1.88. The summed E-state index contributed by atoms with van der Waals surface area (Å²) in [5, 5.41) is 8.83. The first kappa shape index (κ1) is 13.4. The molecule has 0 saturated heterocycles. The van der Waals surface area contributed by atoms with Crippen molar-refractivity contribution in [3.8, 4) is 0 Å². The van der Waals surface area contributed by atoms with Crippen LogP contribution in [0.2, 0.25) is 0 Å². The second-order valence-electron chi connectivity index (χ2n) is 4.11. The summed E-state index contributed by atoms with van der Waals surface area (Å²) in [6.07, 6.45) is -5.63. The normalized spacial score (nSPS) is 11.9. The number of fused-ring (bicyclic) bond motifs is 1. The van der Waals surface area contributed by atoms with Gasteiger partial charge in [0.2, 0.25) is 0 Å². The number of aliphatic carboxylic acids is 1. The molecule has 7 heteroatoms. The summed E-state index contributed by atoms with van der Waals surface area (Å²) >= 11 is 0. The average Bonchev–Trinajstić information content (AvgIpc) is 2.64. The van der Waals surface area contributed by atoms with Crippen LogP contribution < -0.4 is 0 Å². The van der Waals surface area contributed by atoms with Crippen LogP contribution in [0.1, 0.15) is 12.2 Å². The molecule has 0 radical (unpaired) electrons. The lowest BCUT2D eigenvalue weighted by molar-refractivity contribution is -0.137. The van der Waals surface area contributed by atoms with E-state index in [0.717, 1.165) is 0 Å². The lowest BCUT2D eigenvalue weighted by Gasteiger charge is -2.08. The van der Waals surface area contributed by atoms with Crippen molar-refractivity contribution >= 4 is 17.0 Å². The van der Waals surface area contributed by atoms with Gasteiger partial charge in [-0.2, -0.15) is 13.2 Å². The second kappa shape index (κ2) is 4.91. The highest BCUT2D eigenvalue weighted by atomic mass is 19.4. The molecular weight excluding hydrogens is 261 g/mol. The van der Waals surface area contributed by atoms with Gasteiger partial charge in [-0.1, -0.05) is 12.1 Å². The third-order valence-electron chi connectivity index (χ3n) is 2.66. The Kier molecular flexibility index (Phi) is 3.46. The number of halogens is 3. The monoisotopic (exact) mass is 272 g/mol. The zero-order valence-electron chi connectivity index (χ0n) is 9.81. The topological polar surface area (TPSA) is 55.1 Å². The van der Waals surface area contributed by atoms with Crippen molar-refractivity contribution < 1.29 is 23.1 Å². The van der Waals surface area contributed by atoms with Crippen LogP contribution in [0.5, 0.6) is 0 Å². The summed E-state index contributed by atoms with van der Waals surface area (Å²) in [4.78, 5) is 14.9. The molecule has 0 fully saturated rings. The molecule has 102 valence electrons. The first-order valence-electron chi connectivity index (χ1n) is 5.59. The fourth-order valence-corrected chi connectivity index (χ4v) is 1.88. The van der Waals surface area contributed by atoms with E-state index in [1.807, 2.05) is 0 Å². The summed E-state index contributed by atoms with van der Waals surface area (Å²) in [6.45, 7) is -0.395. The Hall–Kier alpha value is -2.05. The third-order valence-corrected chi connectivity index (χ3v) is 2.66. The Morgan fingerprint density at radius 3 is 2.63 bits per heavy atom. The molecule has 19 heavy (non-hydrogen) atoms. The van der Waals surface area contributed by atoms with Crippen LogP contribution in [0.15, 0.2) is 24.3 Å².